The molecule has 0 radical (unpaired) electrons. The van der Waals surface area contributed by atoms with Crippen LogP contribution in [0, 0.1) is 11.3 Å². The van der Waals surface area contributed by atoms with Crippen molar-refractivity contribution in [3.05, 3.63) is 82.3 Å². The van der Waals surface area contributed by atoms with Gasteiger partial charge >= 0.3 is 6.03 Å². The quantitative estimate of drug-likeness (QED) is 0.330. The van der Waals surface area contributed by atoms with Crippen LogP contribution < -0.4 is 15.5 Å². The molecule has 0 aliphatic heterocycles. The predicted octanol–water partition coefficient (Wildman–Crippen LogP) is 6.03. The lowest BCUT2D eigenvalue weighted by molar-refractivity contribution is -0.121. The summed E-state index contributed by atoms with van der Waals surface area (Å²) in [5.41, 5.74) is 3.54. The molecule has 3 aromatic rings. The third kappa shape index (κ3) is 8.80. The highest BCUT2D eigenvalue weighted by molar-refractivity contribution is 6.35. The van der Waals surface area contributed by atoms with Crippen LogP contribution in [0.4, 0.5) is 16.2 Å². The van der Waals surface area contributed by atoms with E-state index in [1.54, 1.807) is 29.2 Å². The summed E-state index contributed by atoms with van der Waals surface area (Å²) in [4.78, 5) is 29.1. The number of benzene rings is 3. The summed E-state index contributed by atoms with van der Waals surface area (Å²) in [6.07, 6.45) is 0.767. The van der Waals surface area contributed by atoms with Crippen molar-refractivity contribution in [2.75, 3.05) is 43.9 Å². The summed E-state index contributed by atoms with van der Waals surface area (Å²) in [6.45, 7) is 1.65. The van der Waals surface area contributed by atoms with E-state index >= 15 is 0 Å². The lowest BCUT2D eigenvalue weighted by Gasteiger charge is -2.24. The van der Waals surface area contributed by atoms with E-state index in [-0.39, 0.29) is 11.9 Å². The highest BCUT2D eigenvalue weighted by Gasteiger charge is 2.17. The van der Waals surface area contributed by atoms with Gasteiger partial charge < -0.3 is 15.5 Å². The minimum atomic E-state index is -0.370. The van der Waals surface area contributed by atoms with E-state index in [0.717, 1.165) is 17.7 Å². The molecule has 7 nitrogen and oxygen atoms in total. The molecule has 0 aliphatic rings. The molecule has 0 unspecified atom stereocenters. The zero-order chi connectivity index (χ0) is 26.8. The standard InChI is InChI=1S/C28H29Cl2N5O2/c1-34(2)14-12-32-27(36)7-4-13-35(28(37)33-25-17-23(29)16-24(30)18-25)26-10-8-21(9-11-26)22-6-3-5-20(15-22)19-31/h3,5-6,8-11,15-18H,4,7,12-14H2,1-2H3,(H,32,36)(H,33,37). The average Bonchev–Trinajstić information content (AvgIpc) is 2.86. The first kappa shape index (κ1) is 28.0. The fourth-order valence-electron chi connectivity index (χ4n) is 3.67. The Labute approximate surface area is 227 Å². The molecule has 0 bridgehead atoms. The van der Waals surface area contributed by atoms with Crippen molar-refractivity contribution in [3.8, 4) is 17.2 Å². The van der Waals surface area contributed by atoms with Crippen molar-refractivity contribution in [2.45, 2.75) is 12.8 Å². The van der Waals surface area contributed by atoms with Crippen LogP contribution in [0.1, 0.15) is 18.4 Å². The number of halogens is 2. The van der Waals surface area contributed by atoms with E-state index in [1.807, 2.05) is 61.5 Å². The van der Waals surface area contributed by atoms with Crippen LogP contribution in [0.5, 0.6) is 0 Å². The van der Waals surface area contributed by atoms with Gasteiger partial charge in [0, 0.05) is 47.5 Å². The molecular weight excluding hydrogens is 509 g/mol. The third-order valence-corrected chi connectivity index (χ3v) is 5.97. The third-order valence-electron chi connectivity index (χ3n) is 5.53. The van der Waals surface area contributed by atoms with Crippen molar-refractivity contribution in [3.63, 3.8) is 0 Å². The predicted molar refractivity (Wildman–Crippen MR) is 150 cm³/mol. The first-order valence-electron chi connectivity index (χ1n) is 11.8. The highest BCUT2D eigenvalue weighted by atomic mass is 35.5. The fraction of sp³-hybridized carbons (Fsp3) is 0.250. The van der Waals surface area contributed by atoms with Crippen LogP contribution in [0.3, 0.4) is 0 Å². The first-order chi connectivity index (χ1) is 17.7. The molecule has 0 aliphatic carbocycles. The van der Waals surface area contributed by atoms with Crippen molar-refractivity contribution in [1.82, 2.24) is 10.2 Å². The van der Waals surface area contributed by atoms with Gasteiger partial charge in [0.2, 0.25) is 5.91 Å². The topological polar surface area (TPSA) is 88.5 Å². The largest absolute Gasteiger partial charge is 0.355 e. The summed E-state index contributed by atoms with van der Waals surface area (Å²) >= 11 is 12.2. The molecule has 0 saturated carbocycles. The molecule has 3 amide bonds. The van der Waals surface area contributed by atoms with E-state index in [1.165, 1.54) is 0 Å². The summed E-state index contributed by atoms with van der Waals surface area (Å²) < 4.78 is 0. The van der Waals surface area contributed by atoms with Gasteiger partial charge in [-0.1, -0.05) is 47.5 Å². The number of nitriles is 1. The summed E-state index contributed by atoms with van der Waals surface area (Å²) in [5.74, 6) is -0.0587. The lowest BCUT2D eigenvalue weighted by Crippen LogP contribution is -2.37. The SMILES string of the molecule is CN(C)CCNC(=O)CCCN(C(=O)Nc1cc(Cl)cc(Cl)c1)c1ccc(-c2cccc(C#N)c2)cc1. The lowest BCUT2D eigenvalue weighted by atomic mass is 10.0. The number of nitrogens with zero attached hydrogens (tertiary/aromatic N) is 3. The number of hydrogen-bond donors (Lipinski definition) is 2. The molecule has 0 heterocycles. The minimum absolute atomic E-state index is 0.0587. The number of carbonyl (C=O) groups excluding carboxylic acids is 2. The van der Waals surface area contributed by atoms with E-state index in [2.05, 4.69) is 16.7 Å². The zero-order valence-corrected chi connectivity index (χ0v) is 22.3. The monoisotopic (exact) mass is 537 g/mol. The van der Waals surface area contributed by atoms with Gasteiger partial charge in [-0.15, -0.1) is 0 Å². The molecular formula is C28H29Cl2N5O2. The average molecular weight is 538 g/mol. The van der Waals surface area contributed by atoms with Gasteiger partial charge in [-0.2, -0.15) is 5.26 Å². The molecule has 0 fully saturated rings. The molecule has 9 heteroatoms. The molecule has 37 heavy (non-hydrogen) atoms. The summed E-state index contributed by atoms with van der Waals surface area (Å²) in [7, 11) is 3.89. The number of nitrogens with one attached hydrogen (secondary N) is 2. The molecule has 0 saturated heterocycles. The van der Waals surface area contributed by atoms with Crippen LogP contribution in [0.25, 0.3) is 11.1 Å². The maximum Gasteiger partial charge on any atom is 0.326 e. The number of anilines is 2. The first-order valence-corrected chi connectivity index (χ1v) is 12.6. The Morgan fingerprint density at radius 2 is 1.62 bits per heavy atom. The van der Waals surface area contributed by atoms with Crippen LogP contribution in [-0.2, 0) is 4.79 Å². The second-order valence-corrected chi connectivity index (χ2v) is 9.61. The van der Waals surface area contributed by atoms with E-state index < -0.39 is 0 Å². The van der Waals surface area contributed by atoms with Gasteiger partial charge in [0.25, 0.3) is 0 Å². The zero-order valence-electron chi connectivity index (χ0n) is 20.8. The number of carbonyl (C=O) groups is 2. The Kier molecular flexibility index (Phi) is 10.3. The number of hydrogen-bond acceptors (Lipinski definition) is 4. The maximum absolute atomic E-state index is 13.3. The Morgan fingerprint density at radius 1 is 0.919 bits per heavy atom. The van der Waals surface area contributed by atoms with Crippen LogP contribution in [-0.4, -0.2) is 50.6 Å². The van der Waals surface area contributed by atoms with Crippen LogP contribution >= 0.6 is 23.2 Å². The van der Waals surface area contributed by atoms with Crippen molar-refractivity contribution in [2.24, 2.45) is 0 Å². The number of likely N-dealkylation sites (N-methyl/N-ethyl adjacent to an activating group) is 1. The molecule has 192 valence electrons. The smallest absolute Gasteiger partial charge is 0.326 e. The van der Waals surface area contributed by atoms with E-state index in [0.29, 0.717) is 52.9 Å². The molecule has 3 rings (SSSR count). The second kappa shape index (κ2) is 13.7. The maximum atomic E-state index is 13.3. The van der Waals surface area contributed by atoms with Crippen molar-refractivity contribution >= 4 is 46.5 Å². The van der Waals surface area contributed by atoms with E-state index in [9.17, 15) is 14.9 Å². The Morgan fingerprint density at radius 3 is 2.27 bits per heavy atom. The van der Waals surface area contributed by atoms with Crippen LogP contribution in [0.2, 0.25) is 10.0 Å². The van der Waals surface area contributed by atoms with Gasteiger partial charge in [0.1, 0.15) is 0 Å². The van der Waals surface area contributed by atoms with Crippen molar-refractivity contribution in [1.29, 1.82) is 5.26 Å². The molecule has 0 aromatic heterocycles. The highest BCUT2D eigenvalue weighted by Crippen LogP contribution is 2.26. The molecule has 0 spiro atoms. The van der Waals surface area contributed by atoms with Gasteiger partial charge in [-0.3, -0.25) is 9.69 Å². The molecule has 0 atom stereocenters. The number of amides is 3. The Bertz CT molecular complexity index is 1250. The van der Waals surface area contributed by atoms with Gasteiger partial charge in [0.05, 0.1) is 11.6 Å². The van der Waals surface area contributed by atoms with Gasteiger partial charge in [-0.05, 0) is 74.1 Å². The minimum Gasteiger partial charge on any atom is -0.355 e. The van der Waals surface area contributed by atoms with Gasteiger partial charge in [-0.25, -0.2) is 4.79 Å². The molecule has 2 N–H and O–H groups in total. The Hall–Kier alpha value is -3.57. The molecule has 3 aromatic carbocycles. The fourth-order valence-corrected chi connectivity index (χ4v) is 4.20. The normalized spacial score (nSPS) is 10.6. The van der Waals surface area contributed by atoms with Crippen molar-refractivity contribution < 1.29 is 9.59 Å². The van der Waals surface area contributed by atoms with Crippen LogP contribution in [0.15, 0.2) is 66.7 Å². The van der Waals surface area contributed by atoms with Gasteiger partial charge in [0.15, 0.2) is 0 Å². The summed E-state index contributed by atoms with van der Waals surface area (Å²) in [5, 5.41) is 15.7. The Balaban J connectivity index is 1.75. The second-order valence-electron chi connectivity index (χ2n) is 8.74. The number of rotatable bonds is 10. The van der Waals surface area contributed by atoms with E-state index in [4.69, 9.17) is 23.2 Å². The number of urea groups is 1. The summed E-state index contributed by atoms with van der Waals surface area (Å²) in [6, 6.07) is 21.4.